The number of anilines is 2. The van der Waals surface area contributed by atoms with Crippen LogP contribution in [0.25, 0.3) is 0 Å². The molecular weight excluding hydrogens is 717 g/mol. The largest absolute Gasteiger partial charge is 0.490 e. The van der Waals surface area contributed by atoms with Gasteiger partial charge in [-0.1, -0.05) is 22.7 Å². The second-order valence-electron chi connectivity index (χ2n) is 10.1. The van der Waals surface area contributed by atoms with E-state index in [0.717, 1.165) is 21.1 Å². The molecule has 4 rings (SSSR count). The molecule has 0 saturated heterocycles. The molecule has 0 amide bonds. The van der Waals surface area contributed by atoms with Crippen LogP contribution < -0.4 is 20.6 Å². The number of aryl methyl sites for hydroxylation is 2. The third-order valence-corrected chi connectivity index (χ3v) is 13.2. The average molecular weight is 753 g/mol. The second-order valence-corrected chi connectivity index (χ2v) is 16.6. The number of aromatic nitrogens is 6. The highest BCUT2D eigenvalue weighted by atomic mass is 32.1. The van der Waals surface area contributed by atoms with E-state index < -0.39 is 23.5 Å². The zero-order valence-corrected chi connectivity index (χ0v) is 30.1. The highest BCUT2D eigenvalue weighted by molar-refractivity contribution is 7.66. The van der Waals surface area contributed by atoms with Crippen LogP contribution in [0.4, 0.5) is 11.6 Å². The normalized spacial score (nSPS) is 15.6. The second kappa shape index (κ2) is 15.3. The maximum atomic E-state index is 12.3. The van der Waals surface area contributed by atoms with Gasteiger partial charge in [0.2, 0.25) is 11.0 Å². The molecule has 18 nitrogen and oxygen atoms in total. The fourth-order valence-electron chi connectivity index (χ4n) is 4.16. The molecule has 0 aromatic carbocycles. The number of thiazole rings is 2. The molecule has 0 aliphatic carbocycles. The number of phosphoric acid groups is 3. The molecule has 2 unspecified atom stereocenters. The van der Waals surface area contributed by atoms with Gasteiger partial charge in [0, 0.05) is 39.1 Å². The summed E-state index contributed by atoms with van der Waals surface area (Å²) in [7, 11) is -16.0. The van der Waals surface area contributed by atoms with Crippen molar-refractivity contribution in [1.29, 1.82) is 0 Å². The van der Waals surface area contributed by atoms with Crippen LogP contribution in [0.1, 0.15) is 43.9 Å². The average Bonchev–Trinajstić information content (AvgIpc) is 3.47. The van der Waals surface area contributed by atoms with Gasteiger partial charge in [-0.05, 0) is 13.8 Å². The van der Waals surface area contributed by atoms with Crippen molar-refractivity contribution in [1.82, 2.24) is 19.9 Å². The van der Waals surface area contributed by atoms with Gasteiger partial charge in [-0.3, -0.25) is 9.05 Å². The van der Waals surface area contributed by atoms with Crippen LogP contribution in [0.2, 0.25) is 0 Å². The summed E-state index contributed by atoms with van der Waals surface area (Å²) < 4.78 is 58.8. The summed E-state index contributed by atoms with van der Waals surface area (Å²) in [6.07, 6.45) is 3.56. The third kappa shape index (κ3) is 10.7. The number of hydrogen-bond acceptors (Lipinski definition) is 15. The molecular formula is C24H35N8O10P3S2+2. The Morgan fingerprint density at radius 1 is 0.702 bits per heavy atom. The summed E-state index contributed by atoms with van der Waals surface area (Å²) in [5.74, 6) is 1.81. The summed E-state index contributed by atoms with van der Waals surface area (Å²) in [6.45, 7) is 7.14. The highest BCUT2D eigenvalue weighted by Crippen LogP contribution is 2.67. The maximum absolute atomic E-state index is 12.3. The van der Waals surface area contributed by atoms with E-state index in [-0.39, 0.29) is 26.1 Å². The predicted molar refractivity (Wildman–Crippen MR) is 170 cm³/mol. The van der Waals surface area contributed by atoms with E-state index in [4.69, 9.17) is 20.5 Å². The SMILES string of the molecule is Cc1ncc(C[n+]2csc(CCOP(=O)(O)OP(=O)(O)OP(=O)(O)OCCc3sc[n+](Cc4cnc(C)nc4N)c3C)c2C)c(N)n1. The Labute approximate surface area is 277 Å². The van der Waals surface area contributed by atoms with Crippen molar-refractivity contribution in [2.45, 2.75) is 53.6 Å². The zero-order valence-electron chi connectivity index (χ0n) is 25.7. The summed E-state index contributed by atoms with van der Waals surface area (Å²) in [6, 6.07) is 0. The van der Waals surface area contributed by atoms with Crippen molar-refractivity contribution in [3.8, 4) is 0 Å². The Kier molecular flexibility index (Phi) is 12.1. The zero-order chi connectivity index (χ0) is 34.6. The summed E-state index contributed by atoms with van der Waals surface area (Å²) in [5, 5.41) is 0. The first kappa shape index (κ1) is 37.3. The quantitative estimate of drug-likeness (QED) is 0.0814. The van der Waals surface area contributed by atoms with E-state index in [1.807, 2.05) is 34.0 Å². The predicted octanol–water partition coefficient (Wildman–Crippen LogP) is 2.61. The lowest BCUT2D eigenvalue weighted by Crippen LogP contribution is -2.35. The molecule has 47 heavy (non-hydrogen) atoms. The van der Waals surface area contributed by atoms with Crippen molar-refractivity contribution in [2.75, 3.05) is 24.7 Å². The van der Waals surface area contributed by atoms with E-state index in [2.05, 4.69) is 28.6 Å². The minimum atomic E-state index is -5.59. The Bertz CT molecular complexity index is 1760. The van der Waals surface area contributed by atoms with E-state index in [9.17, 15) is 28.4 Å². The molecule has 0 aliphatic rings. The molecule has 7 N–H and O–H groups in total. The van der Waals surface area contributed by atoms with Crippen molar-refractivity contribution in [3.05, 3.63) is 67.3 Å². The van der Waals surface area contributed by atoms with Crippen LogP contribution in [0.3, 0.4) is 0 Å². The van der Waals surface area contributed by atoms with E-state index in [0.29, 0.717) is 47.5 Å². The Balaban J connectivity index is 1.24. The van der Waals surface area contributed by atoms with Crippen LogP contribution in [-0.2, 0) is 57.3 Å². The number of hydrogen-bond donors (Lipinski definition) is 5. The van der Waals surface area contributed by atoms with E-state index in [1.165, 1.54) is 22.7 Å². The van der Waals surface area contributed by atoms with Crippen LogP contribution in [0.15, 0.2) is 23.4 Å². The molecule has 23 heteroatoms. The summed E-state index contributed by atoms with van der Waals surface area (Å²) in [4.78, 5) is 48.0. The van der Waals surface area contributed by atoms with Gasteiger partial charge in [0.1, 0.15) is 23.3 Å². The van der Waals surface area contributed by atoms with Gasteiger partial charge < -0.3 is 26.1 Å². The monoisotopic (exact) mass is 752 g/mol. The molecule has 0 aliphatic heterocycles. The molecule has 0 radical (unpaired) electrons. The van der Waals surface area contributed by atoms with Crippen LogP contribution >= 0.6 is 46.1 Å². The molecule has 0 spiro atoms. The van der Waals surface area contributed by atoms with Gasteiger partial charge >= 0.3 is 23.5 Å². The summed E-state index contributed by atoms with van der Waals surface area (Å²) >= 11 is 2.70. The topological polar surface area (TPSA) is 260 Å². The molecule has 4 heterocycles. The van der Waals surface area contributed by atoms with Gasteiger partial charge in [0.05, 0.1) is 34.1 Å². The van der Waals surface area contributed by atoms with Crippen LogP contribution in [0, 0.1) is 27.7 Å². The minimum Gasteiger partial charge on any atom is -0.383 e. The number of nitrogen functional groups attached to an aromatic ring is 2. The van der Waals surface area contributed by atoms with Crippen LogP contribution in [0.5, 0.6) is 0 Å². The lowest BCUT2D eigenvalue weighted by Gasteiger charge is -2.18. The molecule has 0 fully saturated rings. The van der Waals surface area contributed by atoms with Gasteiger partial charge in [-0.15, -0.1) is 0 Å². The number of rotatable bonds is 16. The smallest absolute Gasteiger partial charge is 0.383 e. The standard InChI is InChI=1S/C24H33N8O10P3S2/c1-15-21(46-13-31(15)11-19-9-27-17(3)29-23(19)25)5-7-39-43(33,34)41-45(37,38)42-44(35,36)40-8-6-22-16(2)32(14-47-22)12-20-10-28-18(4)30-24(20)26/h9-10,13-14H,5-8,11-12H2,1-4H3,(H5-2,25,26,27,28,29,30,33,34,35,36,37,38)/p+2. The van der Waals surface area contributed by atoms with Crippen LogP contribution in [-0.4, -0.2) is 47.8 Å². The molecule has 256 valence electrons. The Hall–Kier alpha value is -2.57. The van der Waals surface area contributed by atoms with Crippen molar-refractivity contribution < 1.29 is 55.2 Å². The Morgan fingerprint density at radius 3 is 1.45 bits per heavy atom. The van der Waals surface area contributed by atoms with Gasteiger partial charge in [0.25, 0.3) is 0 Å². The first-order chi connectivity index (χ1) is 21.9. The fraction of sp³-hybridized carbons (Fsp3) is 0.417. The lowest BCUT2D eigenvalue weighted by atomic mass is 10.2. The van der Waals surface area contributed by atoms with Gasteiger partial charge in [-0.25, -0.2) is 33.6 Å². The first-order valence-corrected chi connectivity index (χ1v) is 20.0. The lowest BCUT2D eigenvalue weighted by molar-refractivity contribution is -0.689. The molecule has 2 atom stereocenters. The minimum absolute atomic E-state index is 0.143. The number of phosphoric ester groups is 2. The maximum Gasteiger partial charge on any atom is 0.490 e. The molecule has 4 aromatic heterocycles. The van der Waals surface area contributed by atoms with Crippen molar-refractivity contribution in [2.24, 2.45) is 0 Å². The number of nitrogens with zero attached hydrogens (tertiary/aromatic N) is 6. The Morgan fingerprint density at radius 2 is 1.09 bits per heavy atom. The third-order valence-electron chi connectivity index (χ3n) is 6.61. The first-order valence-electron chi connectivity index (χ1n) is 13.7. The van der Waals surface area contributed by atoms with E-state index >= 15 is 0 Å². The molecule has 0 bridgehead atoms. The van der Waals surface area contributed by atoms with Crippen molar-refractivity contribution in [3.63, 3.8) is 0 Å². The van der Waals surface area contributed by atoms with Crippen molar-refractivity contribution >= 4 is 57.8 Å². The number of nitrogens with two attached hydrogens (primary N) is 2. The molecule has 4 aromatic rings. The van der Waals surface area contributed by atoms with Gasteiger partial charge in [-0.2, -0.15) is 17.8 Å². The fourth-order valence-corrected chi connectivity index (χ4v) is 9.61. The van der Waals surface area contributed by atoms with Gasteiger partial charge in [0.15, 0.2) is 24.5 Å². The molecule has 0 saturated carbocycles. The highest BCUT2D eigenvalue weighted by Gasteiger charge is 2.42. The summed E-state index contributed by atoms with van der Waals surface area (Å²) in [5.41, 5.74) is 18.7. The van der Waals surface area contributed by atoms with E-state index in [1.54, 1.807) is 26.2 Å².